The van der Waals surface area contributed by atoms with E-state index in [4.69, 9.17) is 11.6 Å². The molecule has 0 aliphatic carbocycles. The van der Waals surface area contributed by atoms with Gasteiger partial charge in [0.15, 0.2) is 0 Å². The van der Waals surface area contributed by atoms with Crippen molar-refractivity contribution in [3.8, 4) is 6.07 Å². The van der Waals surface area contributed by atoms with Crippen molar-refractivity contribution in [1.29, 1.82) is 5.26 Å². The number of nitrogens with zero attached hydrogens (tertiary/aromatic N) is 1. The summed E-state index contributed by atoms with van der Waals surface area (Å²) in [5.41, 5.74) is 1.58. The number of halogens is 2. The highest BCUT2D eigenvalue weighted by Crippen LogP contribution is 2.32. The van der Waals surface area contributed by atoms with Gasteiger partial charge >= 0.3 is 0 Å². The van der Waals surface area contributed by atoms with Crippen LogP contribution in [0.1, 0.15) is 16.0 Å². The van der Waals surface area contributed by atoms with Gasteiger partial charge in [-0.25, -0.2) is 4.39 Å². The maximum Gasteiger partial charge on any atom is 0.126 e. The Hall–Kier alpha value is -1.63. The summed E-state index contributed by atoms with van der Waals surface area (Å²) in [5, 5.41) is 11.4. The zero-order chi connectivity index (χ0) is 13.1. The van der Waals surface area contributed by atoms with E-state index in [2.05, 4.69) is 6.07 Å². The van der Waals surface area contributed by atoms with E-state index in [1.54, 1.807) is 19.1 Å². The molecule has 0 fully saturated rings. The fourth-order valence-corrected chi connectivity index (χ4v) is 2.60. The van der Waals surface area contributed by atoms with Crippen LogP contribution in [0.15, 0.2) is 35.7 Å². The Morgan fingerprint density at radius 1 is 1.39 bits per heavy atom. The average molecular weight is 278 g/mol. The van der Waals surface area contributed by atoms with Gasteiger partial charge < -0.3 is 0 Å². The Balaban J connectivity index is 2.54. The number of allylic oxidation sites excluding steroid dienone is 1. The van der Waals surface area contributed by atoms with E-state index >= 15 is 0 Å². The van der Waals surface area contributed by atoms with Crippen LogP contribution in [0, 0.1) is 24.1 Å². The Labute approximate surface area is 114 Å². The van der Waals surface area contributed by atoms with Crippen LogP contribution in [0.3, 0.4) is 0 Å². The lowest BCUT2D eigenvalue weighted by atomic mass is 10.1. The quantitative estimate of drug-likeness (QED) is 0.722. The Morgan fingerprint density at radius 3 is 2.72 bits per heavy atom. The SMILES string of the molecule is Cc1cc(C(Cl)=C(C#N)c2cccs2)ccc1F. The Kier molecular flexibility index (Phi) is 3.81. The van der Waals surface area contributed by atoms with Gasteiger partial charge in [0, 0.05) is 4.88 Å². The zero-order valence-electron chi connectivity index (χ0n) is 9.58. The molecule has 4 heteroatoms. The zero-order valence-corrected chi connectivity index (χ0v) is 11.1. The molecule has 2 aromatic rings. The van der Waals surface area contributed by atoms with E-state index in [1.807, 2.05) is 17.5 Å². The van der Waals surface area contributed by atoms with Crippen molar-refractivity contribution in [2.75, 3.05) is 0 Å². The first-order valence-electron chi connectivity index (χ1n) is 5.23. The summed E-state index contributed by atoms with van der Waals surface area (Å²) < 4.78 is 13.2. The minimum absolute atomic E-state index is 0.280. The fraction of sp³-hybridized carbons (Fsp3) is 0.0714. The van der Waals surface area contributed by atoms with Gasteiger partial charge in [-0.3, -0.25) is 0 Å². The van der Waals surface area contributed by atoms with Gasteiger partial charge in [-0.2, -0.15) is 5.26 Å². The monoisotopic (exact) mass is 277 g/mol. The van der Waals surface area contributed by atoms with Crippen molar-refractivity contribution in [3.05, 3.63) is 57.5 Å². The van der Waals surface area contributed by atoms with Crippen LogP contribution in [-0.4, -0.2) is 0 Å². The molecule has 0 atom stereocenters. The van der Waals surface area contributed by atoms with Crippen LogP contribution in [-0.2, 0) is 0 Å². The molecule has 0 amide bonds. The van der Waals surface area contributed by atoms with Crippen LogP contribution in [0.4, 0.5) is 4.39 Å². The number of hydrogen-bond acceptors (Lipinski definition) is 2. The molecule has 0 saturated heterocycles. The standard InChI is InChI=1S/C14H9ClFNS/c1-9-7-10(4-5-12(9)16)14(15)11(8-17)13-3-2-6-18-13/h2-7H,1H3. The van der Waals surface area contributed by atoms with E-state index in [-0.39, 0.29) is 5.82 Å². The number of nitriles is 1. The molecule has 0 N–H and O–H groups in total. The fourth-order valence-electron chi connectivity index (χ4n) is 1.56. The number of hydrogen-bond donors (Lipinski definition) is 0. The van der Waals surface area contributed by atoms with Gasteiger partial charge in [0.25, 0.3) is 0 Å². The molecule has 0 unspecified atom stereocenters. The number of benzene rings is 1. The first kappa shape index (κ1) is 12.8. The van der Waals surface area contributed by atoms with Gasteiger partial charge in [0.1, 0.15) is 11.9 Å². The van der Waals surface area contributed by atoms with Crippen molar-refractivity contribution >= 4 is 33.5 Å². The minimum atomic E-state index is -0.280. The van der Waals surface area contributed by atoms with Gasteiger partial charge in [0.05, 0.1) is 10.6 Å². The molecular formula is C14H9ClFNS. The van der Waals surface area contributed by atoms with Crippen LogP contribution in [0.5, 0.6) is 0 Å². The molecule has 90 valence electrons. The van der Waals surface area contributed by atoms with Crippen molar-refractivity contribution in [1.82, 2.24) is 0 Å². The van der Waals surface area contributed by atoms with Crippen LogP contribution >= 0.6 is 22.9 Å². The van der Waals surface area contributed by atoms with Crippen molar-refractivity contribution in [2.24, 2.45) is 0 Å². The van der Waals surface area contributed by atoms with E-state index in [1.165, 1.54) is 17.4 Å². The summed E-state index contributed by atoms with van der Waals surface area (Å²) in [6, 6.07) is 10.4. The normalized spacial score (nSPS) is 11.9. The van der Waals surface area contributed by atoms with Crippen molar-refractivity contribution < 1.29 is 4.39 Å². The second-order valence-corrected chi connectivity index (χ2v) is 5.07. The van der Waals surface area contributed by atoms with E-state index in [9.17, 15) is 9.65 Å². The van der Waals surface area contributed by atoms with Crippen molar-refractivity contribution in [2.45, 2.75) is 6.92 Å². The predicted molar refractivity (Wildman–Crippen MR) is 73.7 cm³/mol. The molecule has 18 heavy (non-hydrogen) atoms. The van der Waals surface area contributed by atoms with Crippen LogP contribution in [0.25, 0.3) is 10.6 Å². The summed E-state index contributed by atoms with van der Waals surface area (Å²) in [6.45, 7) is 1.67. The molecule has 1 nitrogen and oxygen atoms in total. The largest absolute Gasteiger partial charge is 0.207 e. The van der Waals surface area contributed by atoms with Gasteiger partial charge in [-0.1, -0.05) is 23.7 Å². The lowest BCUT2D eigenvalue weighted by Gasteiger charge is -2.04. The Bertz CT molecular complexity index is 638. The average Bonchev–Trinajstić information content (AvgIpc) is 2.87. The van der Waals surface area contributed by atoms with Gasteiger partial charge in [-0.05, 0) is 41.6 Å². The molecular weight excluding hydrogens is 269 g/mol. The third kappa shape index (κ3) is 2.45. The summed E-state index contributed by atoms with van der Waals surface area (Å²) in [6.07, 6.45) is 0. The molecule has 1 aromatic heterocycles. The topological polar surface area (TPSA) is 23.8 Å². The molecule has 1 aromatic carbocycles. The van der Waals surface area contributed by atoms with Gasteiger partial charge in [0.2, 0.25) is 0 Å². The molecule has 1 heterocycles. The highest BCUT2D eigenvalue weighted by molar-refractivity contribution is 7.11. The molecule has 0 saturated carbocycles. The number of aryl methyl sites for hydroxylation is 1. The maximum atomic E-state index is 13.2. The molecule has 0 radical (unpaired) electrons. The first-order chi connectivity index (χ1) is 8.63. The summed E-state index contributed by atoms with van der Waals surface area (Å²) >= 11 is 7.68. The third-order valence-electron chi connectivity index (χ3n) is 2.51. The summed E-state index contributed by atoms with van der Waals surface area (Å²) in [4.78, 5) is 0.810. The Morgan fingerprint density at radius 2 is 2.17 bits per heavy atom. The maximum absolute atomic E-state index is 13.2. The highest BCUT2D eigenvalue weighted by atomic mass is 35.5. The van der Waals surface area contributed by atoms with E-state index in [0.717, 1.165) is 4.88 Å². The minimum Gasteiger partial charge on any atom is -0.207 e. The molecule has 0 aliphatic heterocycles. The lowest BCUT2D eigenvalue weighted by molar-refractivity contribution is 0.618. The van der Waals surface area contributed by atoms with Crippen LogP contribution in [0.2, 0.25) is 0 Å². The lowest BCUT2D eigenvalue weighted by Crippen LogP contribution is -1.87. The van der Waals surface area contributed by atoms with E-state index < -0.39 is 0 Å². The van der Waals surface area contributed by atoms with Gasteiger partial charge in [-0.15, -0.1) is 11.3 Å². The highest BCUT2D eigenvalue weighted by Gasteiger charge is 2.11. The smallest absolute Gasteiger partial charge is 0.126 e. The second-order valence-electron chi connectivity index (χ2n) is 3.74. The summed E-state index contributed by atoms with van der Waals surface area (Å²) in [5.74, 6) is -0.280. The van der Waals surface area contributed by atoms with Crippen molar-refractivity contribution in [3.63, 3.8) is 0 Å². The predicted octanol–water partition coefficient (Wildman–Crippen LogP) is 4.83. The van der Waals surface area contributed by atoms with Crippen LogP contribution < -0.4 is 0 Å². The molecule has 0 bridgehead atoms. The third-order valence-corrected chi connectivity index (χ3v) is 3.80. The molecule has 2 rings (SSSR count). The first-order valence-corrected chi connectivity index (χ1v) is 6.49. The summed E-state index contributed by atoms with van der Waals surface area (Å²) in [7, 11) is 0. The molecule has 0 spiro atoms. The number of thiophene rings is 1. The molecule has 0 aliphatic rings. The second kappa shape index (κ2) is 5.34. The van der Waals surface area contributed by atoms with E-state index in [0.29, 0.717) is 21.7 Å². The number of rotatable bonds is 2.